The van der Waals surface area contributed by atoms with Gasteiger partial charge in [-0.1, -0.05) is 12.1 Å². The number of pyridine rings is 1. The molecular formula is C18H18N6O2. The molecule has 132 valence electrons. The molecule has 0 atom stereocenters. The van der Waals surface area contributed by atoms with E-state index >= 15 is 0 Å². The number of nitrogens with one attached hydrogen (secondary N) is 2. The van der Waals surface area contributed by atoms with Gasteiger partial charge in [0, 0.05) is 24.6 Å². The number of aromatic nitrogens is 3. The molecule has 3 rings (SSSR count). The molecule has 2 heterocycles. The van der Waals surface area contributed by atoms with E-state index in [0.717, 1.165) is 22.4 Å². The van der Waals surface area contributed by atoms with Gasteiger partial charge in [0.25, 0.3) is 0 Å². The van der Waals surface area contributed by atoms with Crippen LogP contribution >= 0.6 is 0 Å². The molecule has 0 fully saturated rings. The van der Waals surface area contributed by atoms with Crippen molar-refractivity contribution in [3.8, 4) is 0 Å². The summed E-state index contributed by atoms with van der Waals surface area (Å²) in [6.07, 6.45) is 4.65. The van der Waals surface area contributed by atoms with Gasteiger partial charge in [0.2, 0.25) is 11.6 Å². The minimum Gasteiger partial charge on any atom is -0.360 e. The Morgan fingerprint density at radius 3 is 2.62 bits per heavy atom. The van der Waals surface area contributed by atoms with Crippen molar-refractivity contribution in [2.75, 3.05) is 10.6 Å². The lowest BCUT2D eigenvalue weighted by Gasteiger charge is -2.11. The van der Waals surface area contributed by atoms with E-state index in [1.807, 2.05) is 38.1 Å². The molecule has 1 aromatic carbocycles. The minimum absolute atomic E-state index is 0.141. The number of anilines is 3. The summed E-state index contributed by atoms with van der Waals surface area (Å²) >= 11 is 0. The largest absolute Gasteiger partial charge is 0.360 e. The average molecular weight is 350 g/mol. The molecule has 0 aliphatic heterocycles. The van der Waals surface area contributed by atoms with Crippen LogP contribution in [0, 0.1) is 24.0 Å². The zero-order valence-corrected chi connectivity index (χ0v) is 14.4. The van der Waals surface area contributed by atoms with Gasteiger partial charge in [-0.05, 0) is 48.7 Å². The van der Waals surface area contributed by atoms with Gasteiger partial charge in [0.1, 0.15) is 6.33 Å². The van der Waals surface area contributed by atoms with Crippen molar-refractivity contribution >= 4 is 23.0 Å². The van der Waals surface area contributed by atoms with Crippen LogP contribution in [-0.4, -0.2) is 19.9 Å². The molecule has 8 nitrogen and oxygen atoms in total. The van der Waals surface area contributed by atoms with Gasteiger partial charge in [-0.3, -0.25) is 15.1 Å². The molecule has 0 radical (unpaired) electrons. The third-order valence-corrected chi connectivity index (χ3v) is 3.96. The highest BCUT2D eigenvalue weighted by molar-refractivity contribution is 5.74. The van der Waals surface area contributed by atoms with Crippen LogP contribution in [0.1, 0.15) is 16.7 Å². The highest BCUT2D eigenvalue weighted by atomic mass is 16.6. The van der Waals surface area contributed by atoms with Crippen LogP contribution in [0.25, 0.3) is 0 Å². The summed E-state index contributed by atoms with van der Waals surface area (Å²) in [5.41, 5.74) is 3.65. The van der Waals surface area contributed by atoms with Crippen LogP contribution in [0.5, 0.6) is 0 Å². The van der Waals surface area contributed by atoms with Gasteiger partial charge in [0.15, 0.2) is 0 Å². The number of rotatable bonds is 6. The van der Waals surface area contributed by atoms with Crippen LogP contribution in [-0.2, 0) is 6.54 Å². The summed E-state index contributed by atoms with van der Waals surface area (Å²) in [7, 11) is 0. The van der Waals surface area contributed by atoms with Gasteiger partial charge in [-0.2, -0.15) is 0 Å². The first-order chi connectivity index (χ1) is 12.5. The number of benzene rings is 1. The van der Waals surface area contributed by atoms with Crippen molar-refractivity contribution in [2.45, 2.75) is 20.4 Å². The van der Waals surface area contributed by atoms with Crippen molar-refractivity contribution in [3.05, 3.63) is 75.9 Å². The first-order valence-corrected chi connectivity index (χ1v) is 8.01. The van der Waals surface area contributed by atoms with Crippen LogP contribution < -0.4 is 10.6 Å². The molecule has 0 saturated carbocycles. The van der Waals surface area contributed by atoms with E-state index in [0.29, 0.717) is 6.54 Å². The monoisotopic (exact) mass is 350 g/mol. The molecule has 0 unspecified atom stereocenters. The third kappa shape index (κ3) is 3.92. The van der Waals surface area contributed by atoms with Gasteiger partial charge in [0.05, 0.1) is 4.92 Å². The van der Waals surface area contributed by atoms with Gasteiger partial charge in [-0.15, -0.1) is 0 Å². The lowest BCUT2D eigenvalue weighted by atomic mass is 10.1. The Morgan fingerprint density at radius 2 is 1.92 bits per heavy atom. The average Bonchev–Trinajstić information content (AvgIpc) is 2.64. The number of hydrogen-bond acceptors (Lipinski definition) is 7. The van der Waals surface area contributed by atoms with Crippen LogP contribution in [0.15, 0.2) is 49.1 Å². The second-order valence-corrected chi connectivity index (χ2v) is 5.82. The van der Waals surface area contributed by atoms with E-state index in [1.54, 1.807) is 18.5 Å². The fourth-order valence-electron chi connectivity index (χ4n) is 2.42. The smallest absolute Gasteiger partial charge is 0.353 e. The fraction of sp³-hybridized carbons (Fsp3) is 0.167. The molecule has 0 aliphatic carbocycles. The quantitative estimate of drug-likeness (QED) is 0.515. The first-order valence-electron chi connectivity index (χ1n) is 8.01. The SMILES string of the molecule is Cc1ccc(Nc2ncnc(NCc3cccnc3)c2[N+](=O)[O-])cc1C. The molecular weight excluding hydrogens is 332 g/mol. The van der Waals surface area contributed by atoms with Crippen LogP contribution in [0.2, 0.25) is 0 Å². The summed E-state index contributed by atoms with van der Waals surface area (Å²) < 4.78 is 0. The predicted molar refractivity (Wildman–Crippen MR) is 99.4 cm³/mol. The Hall–Kier alpha value is -3.55. The highest BCUT2D eigenvalue weighted by Gasteiger charge is 2.23. The maximum Gasteiger partial charge on any atom is 0.353 e. The Morgan fingerprint density at radius 1 is 1.12 bits per heavy atom. The Bertz CT molecular complexity index is 930. The normalized spacial score (nSPS) is 10.4. The van der Waals surface area contributed by atoms with E-state index in [-0.39, 0.29) is 17.3 Å². The maximum atomic E-state index is 11.6. The predicted octanol–water partition coefficient (Wildman–Crippen LogP) is 3.75. The zero-order valence-electron chi connectivity index (χ0n) is 14.4. The summed E-state index contributed by atoms with van der Waals surface area (Å²) in [5, 5.41) is 17.6. The van der Waals surface area contributed by atoms with Gasteiger partial charge in [-0.25, -0.2) is 9.97 Å². The molecule has 0 bridgehead atoms. The molecule has 0 amide bonds. The zero-order chi connectivity index (χ0) is 18.5. The lowest BCUT2D eigenvalue weighted by molar-refractivity contribution is -0.383. The second-order valence-electron chi connectivity index (χ2n) is 5.82. The van der Waals surface area contributed by atoms with Crippen molar-refractivity contribution in [1.82, 2.24) is 15.0 Å². The number of nitrogens with zero attached hydrogens (tertiary/aromatic N) is 4. The molecule has 2 aromatic heterocycles. The Balaban J connectivity index is 1.88. The van der Waals surface area contributed by atoms with E-state index < -0.39 is 4.92 Å². The summed E-state index contributed by atoms with van der Waals surface area (Å²) in [6.45, 7) is 4.36. The molecule has 0 saturated heterocycles. The van der Waals surface area contributed by atoms with Crippen molar-refractivity contribution in [3.63, 3.8) is 0 Å². The Kier molecular flexibility index (Phi) is 5.02. The van der Waals surface area contributed by atoms with Gasteiger partial charge < -0.3 is 10.6 Å². The fourth-order valence-corrected chi connectivity index (χ4v) is 2.42. The summed E-state index contributed by atoms with van der Waals surface area (Å²) in [4.78, 5) is 23.2. The lowest BCUT2D eigenvalue weighted by Crippen LogP contribution is -2.08. The molecule has 2 N–H and O–H groups in total. The third-order valence-electron chi connectivity index (χ3n) is 3.96. The van der Waals surface area contributed by atoms with E-state index in [4.69, 9.17) is 0 Å². The molecule has 8 heteroatoms. The van der Waals surface area contributed by atoms with Crippen LogP contribution in [0.4, 0.5) is 23.0 Å². The standard InChI is InChI=1S/C18H18N6O2/c1-12-5-6-15(8-13(12)2)23-18-16(24(25)26)17(21-11-22-18)20-10-14-4-3-7-19-9-14/h3-9,11H,10H2,1-2H3,(H2,20,21,22,23). The molecule has 0 aliphatic rings. The van der Waals surface area contributed by atoms with Crippen molar-refractivity contribution in [2.24, 2.45) is 0 Å². The molecule has 3 aromatic rings. The van der Waals surface area contributed by atoms with E-state index in [9.17, 15) is 10.1 Å². The first kappa shape index (κ1) is 17.3. The van der Waals surface area contributed by atoms with E-state index in [2.05, 4.69) is 25.6 Å². The highest BCUT2D eigenvalue weighted by Crippen LogP contribution is 2.31. The van der Waals surface area contributed by atoms with Crippen molar-refractivity contribution < 1.29 is 4.92 Å². The Labute approximate surface area is 150 Å². The summed E-state index contributed by atoms with van der Waals surface area (Å²) in [5.74, 6) is 0.294. The van der Waals surface area contributed by atoms with E-state index in [1.165, 1.54) is 6.33 Å². The second kappa shape index (κ2) is 7.56. The number of nitro groups is 1. The molecule has 26 heavy (non-hydrogen) atoms. The van der Waals surface area contributed by atoms with Crippen LogP contribution in [0.3, 0.4) is 0 Å². The molecule has 0 spiro atoms. The number of hydrogen-bond donors (Lipinski definition) is 2. The topological polar surface area (TPSA) is 106 Å². The number of aryl methyl sites for hydroxylation is 2. The minimum atomic E-state index is -0.491. The summed E-state index contributed by atoms with van der Waals surface area (Å²) in [6, 6.07) is 9.41. The van der Waals surface area contributed by atoms with Crippen molar-refractivity contribution in [1.29, 1.82) is 0 Å². The maximum absolute atomic E-state index is 11.6. The van der Waals surface area contributed by atoms with Gasteiger partial charge >= 0.3 is 5.69 Å².